The standard InChI is InChI=1S/C19H22N6O4/c20-16(17(26)23-14-8-10-15(11-9-14)25(28)29)7-4-12-24(19(21)22)18(27)13-5-2-1-3-6-13/h1-3,5-6,8-11,16H,4,7,12,20H2,(H3,21,22)(H,23,26). The highest BCUT2D eigenvalue weighted by atomic mass is 16.6. The van der Waals surface area contributed by atoms with Crippen molar-refractivity contribution < 1.29 is 14.5 Å². The molecule has 0 fully saturated rings. The summed E-state index contributed by atoms with van der Waals surface area (Å²) < 4.78 is 0. The molecule has 10 heteroatoms. The van der Waals surface area contributed by atoms with Crippen molar-refractivity contribution in [3.05, 3.63) is 70.3 Å². The Hall–Kier alpha value is -3.79. The fourth-order valence-corrected chi connectivity index (χ4v) is 2.57. The van der Waals surface area contributed by atoms with Gasteiger partial charge in [0.2, 0.25) is 5.91 Å². The molecule has 0 radical (unpaired) electrons. The summed E-state index contributed by atoms with van der Waals surface area (Å²) in [7, 11) is 0. The van der Waals surface area contributed by atoms with Crippen molar-refractivity contribution in [2.45, 2.75) is 18.9 Å². The van der Waals surface area contributed by atoms with Crippen molar-refractivity contribution in [1.82, 2.24) is 4.90 Å². The number of carbonyl (C=O) groups excluding carboxylic acids is 2. The lowest BCUT2D eigenvalue weighted by Crippen LogP contribution is -2.43. The fourth-order valence-electron chi connectivity index (χ4n) is 2.57. The Morgan fingerprint density at radius 3 is 2.31 bits per heavy atom. The molecule has 1 atom stereocenters. The molecule has 0 aliphatic heterocycles. The molecule has 0 heterocycles. The summed E-state index contributed by atoms with van der Waals surface area (Å²) in [6.07, 6.45) is 0.609. The quantitative estimate of drug-likeness (QED) is 0.228. The number of amides is 2. The average molecular weight is 398 g/mol. The Morgan fingerprint density at radius 1 is 1.14 bits per heavy atom. The molecule has 1 unspecified atom stereocenters. The second-order valence-corrected chi connectivity index (χ2v) is 6.25. The number of nitro groups is 1. The van der Waals surface area contributed by atoms with Crippen molar-refractivity contribution in [1.29, 1.82) is 5.41 Å². The van der Waals surface area contributed by atoms with Gasteiger partial charge in [-0.05, 0) is 37.1 Å². The fraction of sp³-hybridized carbons (Fsp3) is 0.211. The van der Waals surface area contributed by atoms with Crippen molar-refractivity contribution in [3.8, 4) is 0 Å². The van der Waals surface area contributed by atoms with Gasteiger partial charge in [-0.2, -0.15) is 0 Å². The molecule has 0 aliphatic carbocycles. The zero-order chi connectivity index (χ0) is 21.4. The molecule has 2 rings (SSSR count). The van der Waals surface area contributed by atoms with Gasteiger partial charge in [0, 0.05) is 29.9 Å². The largest absolute Gasteiger partial charge is 0.370 e. The zero-order valence-electron chi connectivity index (χ0n) is 15.6. The van der Waals surface area contributed by atoms with Gasteiger partial charge >= 0.3 is 0 Å². The van der Waals surface area contributed by atoms with Crippen molar-refractivity contribution in [2.75, 3.05) is 11.9 Å². The Balaban J connectivity index is 1.87. The first kappa shape index (κ1) is 21.5. The molecular formula is C19H22N6O4. The molecule has 29 heavy (non-hydrogen) atoms. The summed E-state index contributed by atoms with van der Waals surface area (Å²) in [6.45, 7) is 0.140. The number of nitrogens with one attached hydrogen (secondary N) is 2. The molecule has 152 valence electrons. The van der Waals surface area contributed by atoms with Gasteiger partial charge in [0.15, 0.2) is 5.96 Å². The van der Waals surface area contributed by atoms with Crippen molar-refractivity contribution in [3.63, 3.8) is 0 Å². The smallest absolute Gasteiger partial charge is 0.269 e. The first-order valence-corrected chi connectivity index (χ1v) is 8.81. The lowest BCUT2D eigenvalue weighted by Gasteiger charge is -2.21. The zero-order valence-corrected chi connectivity index (χ0v) is 15.6. The van der Waals surface area contributed by atoms with Crippen LogP contribution in [0, 0.1) is 15.5 Å². The number of carbonyl (C=O) groups is 2. The predicted molar refractivity (Wildman–Crippen MR) is 108 cm³/mol. The van der Waals surface area contributed by atoms with Crippen LogP contribution in [0.5, 0.6) is 0 Å². The van der Waals surface area contributed by atoms with E-state index >= 15 is 0 Å². The van der Waals surface area contributed by atoms with Gasteiger partial charge in [0.1, 0.15) is 0 Å². The van der Waals surface area contributed by atoms with Crippen LogP contribution in [0.25, 0.3) is 0 Å². The molecule has 0 saturated heterocycles. The number of rotatable bonds is 8. The molecule has 2 aromatic rings. The van der Waals surface area contributed by atoms with Crippen LogP contribution in [0.2, 0.25) is 0 Å². The predicted octanol–water partition coefficient (Wildman–Crippen LogP) is 1.68. The Morgan fingerprint density at radius 2 is 1.76 bits per heavy atom. The second kappa shape index (κ2) is 9.95. The SMILES string of the molecule is N=C(N)N(CCCC(N)C(=O)Nc1ccc([N+](=O)[O-])cc1)C(=O)c1ccccc1. The summed E-state index contributed by atoms with van der Waals surface area (Å²) in [5, 5.41) is 20.9. The maximum absolute atomic E-state index is 12.5. The molecule has 0 bridgehead atoms. The first-order chi connectivity index (χ1) is 13.8. The molecule has 0 aromatic heterocycles. The molecular weight excluding hydrogens is 376 g/mol. The summed E-state index contributed by atoms with van der Waals surface area (Å²) in [4.78, 5) is 35.9. The first-order valence-electron chi connectivity index (χ1n) is 8.81. The maximum atomic E-state index is 12.5. The molecule has 2 amide bonds. The molecule has 0 spiro atoms. The average Bonchev–Trinajstić information content (AvgIpc) is 2.71. The molecule has 0 saturated carbocycles. The van der Waals surface area contributed by atoms with Gasteiger partial charge in [0.05, 0.1) is 11.0 Å². The molecule has 6 N–H and O–H groups in total. The van der Waals surface area contributed by atoms with Gasteiger partial charge < -0.3 is 16.8 Å². The van der Waals surface area contributed by atoms with E-state index in [0.29, 0.717) is 17.7 Å². The molecule has 0 aliphatic rings. The Kier molecular flexibility index (Phi) is 7.38. The van der Waals surface area contributed by atoms with E-state index in [2.05, 4.69) is 5.32 Å². The minimum atomic E-state index is -0.856. The normalized spacial score (nSPS) is 11.3. The van der Waals surface area contributed by atoms with Crippen LogP contribution >= 0.6 is 0 Å². The van der Waals surface area contributed by atoms with Crippen LogP contribution in [0.15, 0.2) is 54.6 Å². The third kappa shape index (κ3) is 6.11. The second-order valence-electron chi connectivity index (χ2n) is 6.25. The Bertz CT molecular complexity index is 885. The number of guanidine groups is 1. The highest BCUT2D eigenvalue weighted by Gasteiger charge is 2.20. The third-order valence-corrected chi connectivity index (χ3v) is 4.14. The summed E-state index contributed by atoms with van der Waals surface area (Å²) in [5.41, 5.74) is 12.1. The number of nitro benzene ring substituents is 1. The third-order valence-electron chi connectivity index (χ3n) is 4.14. The van der Waals surface area contributed by atoms with E-state index in [1.165, 1.54) is 24.3 Å². The maximum Gasteiger partial charge on any atom is 0.269 e. The van der Waals surface area contributed by atoms with Gasteiger partial charge in [-0.1, -0.05) is 18.2 Å². The van der Waals surface area contributed by atoms with Gasteiger partial charge in [-0.3, -0.25) is 30.0 Å². The lowest BCUT2D eigenvalue weighted by molar-refractivity contribution is -0.384. The summed E-state index contributed by atoms with van der Waals surface area (Å²) in [6, 6.07) is 13.0. The van der Waals surface area contributed by atoms with E-state index in [9.17, 15) is 19.7 Å². The van der Waals surface area contributed by atoms with Gasteiger partial charge in [-0.15, -0.1) is 0 Å². The summed E-state index contributed by atoms with van der Waals surface area (Å²) in [5.74, 6) is -1.24. The number of nitrogens with zero attached hydrogens (tertiary/aromatic N) is 2. The van der Waals surface area contributed by atoms with E-state index in [1.54, 1.807) is 30.3 Å². The van der Waals surface area contributed by atoms with Crippen LogP contribution in [0.1, 0.15) is 23.2 Å². The molecule has 10 nitrogen and oxygen atoms in total. The summed E-state index contributed by atoms with van der Waals surface area (Å²) >= 11 is 0. The minimum absolute atomic E-state index is 0.0836. The lowest BCUT2D eigenvalue weighted by atomic mass is 10.1. The highest BCUT2D eigenvalue weighted by molar-refractivity contribution is 6.04. The van der Waals surface area contributed by atoms with Crippen LogP contribution < -0.4 is 16.8 Å². The minimum Gasteiger partial charge on any atom is -0.370 e. The van der Waals surface area contributed by atoms with Crippen LogP contribution in [-0.4, -0.2) is 40.2 Å². The van der Waals surface area contributed by atoms with E-state index < -0.39 is 22.8 Å². The van der Waals surface area contributed by atoms with E-state index in [0.717, 1.165) is 4.90 Å². The van der Waals surface area contributed by atoms with Crippen molar-refractivity contribution in [2.24, 2.45) is 11.5 Å². The van der Waals surface area contributed by atoms with Gasteiger partial charge in [0.25, 0.3) is 11.6 Å². The monoisotopic (exact) mass is 398 g/mol. The Labute approximate surface area is 167 Å². The number of nitrogens with two attached hydrogens (primary N) is 2. The molecule has 2 aromatic carbocycles. The number of hydrogen-bond acceptors (Lipinski definition) is 6. The van der Waals surface area contributed by atoms with Crippen LogP contribution in [-0.2, 0) is 4.79 Å². The van der Waals surface area contributed by atoms with E-state index in [4.69, 9.17) is 16.9 Å². The van der Waals surface area contributed by atoms with Crippen LogP contribution in [0.4, 0.5) is 11.4 Å². The number of non-ortho nitro benzene ring substituents is 1. The number of benzene rings is 2. The van der Waals surface area contributed by atoms with E-state index in [1.807, 2.05) is 0 Å². The topological polar surface area (TPSA) is 168 Å². The number of hydrogen-bond donors (Lipinski definition) is 4. The van der Waals surface area contributed by atoms with Crippen molar-refractivity contribution >= 4 is 29.1 Å². The van der Waals surface area contributed by atoms with Gasteiger partial charge in [-0.25, -0.2) is 0 Å². The highest BCUT2D eigenvalue weighted by Crippen LogP contribution is 2.16. The van der Waals surface area contributed by atoms with Crippen LogP contribution in [0.3, 0.4) is 0 Å². The van der Waals surface area contributed by atoms with E-state index in [-0.39, 0.29) is 24.6 Å². The number of anilines is 1.